The van der Waals surface area contributed by atoms with Crippen LogP contribution in [0.4, 0.5) is 0 Å². The third-order valence-corrected chi connectivity index (χ3v) is 1.42. The lowest BCUT2D eigenvalue weighted by molar-refractivity contribution is 0.101. The van der Waals surface area contributed by atoms with E-state index in [0.29, 0.717) is 12.2 Å². The van der Waals surface area contributed by atoms with Gasteiger partial charge in [-0.15, -0.1) is 0 Å². The standard InChI is InChI=1S/C8H10N2O/c1-6(11)8-4-7(5-9)2-3-10-8/h2-4H,5,9H2,1H3. The second-order valence-corrected chi connectivity index (χ2v) is 2.31. The van der Waals surface area contributed by atoms with Crippen molar-refractivity contribution >= 4 is 5.78 Å². The van der Waals surface area contributed by atoms with Crippen molar-refractivity contribution in [3.63, 3.8) is 0 Å². The first kappa shape index (κ1) is 7.88. The van der Waals surface area contributed by atoms with Crippen molar-refractivity contribution in [2.45, 2.75) is 13.5 Å². The summed E-state index contributed by atoms with van der Waals surface area (Å²) in [5.74, 6) is -0.0275. The second-order valence-electron chi connectivity index (χ2n) is 2.31. The molecule has 0 saturated heterocycles. The molecule has 0 aromatic carbocycles. The van der Waals surface area contributed by atoms with Crippen molar-refractivity contribution in [3.8, 4) is 0 Å². The van der Waals surface area contributed by atoms with Crippen LogP contribution in [0.1, 0.15) is 23.0 Å². The molecule has 1 heterocycles. The highest BCUT2D eigenvalue weighted by Crippen LogP contribution is 2.00. The first-order valence-electron chi connectivity index (χ1n) is 3.40. The highest BCUT2D eigenvalue weighted by Gasteiger charge is 1.99. The van der Waals surface area contributed by atoms with E-state index in [1.165, 1.54) is 6.92 Å². The van der Waals surface area contributed by atoms with Crippen LogP contribution in [-0.4, -0.2) is 10.8 Å². The summed E-state index contributed by atoms with van der Waals surface area (Å²) in [4.78, 5) is 14.7. The van der Waals surface area contributed by atoms with Gasteiger partial charge in [-0.1, -0.05) is 0 Å². The van der Waals surface area contributed by atoms with Crippen LogP contribution in [-0.2, 0) is 6.54 Å². The molecule has 0 aliphatic heterocycles. The topological polar surface area (TPSA) is 56.0 Å². The van der Waals surface area contributed by atoms with Gasteiger partial charge in [-0.2, -0.15) is 0 Å². The molecule has 58 valence electrons. The van der Waals surface area contributed by atoms with Crippen molar-refractivity contribution < 1.29 is 4.79 Å². The van der Waals surface area contributed by atoms with Gasteiger partial charge in [-0.25, -0.2) is 0 Å². The molecule has 1 aromatic rings. The summed E-state index contributed by atoms with van der Waals surface area (Å²) >= 11 is 0. The molecule has 0 radical (unpaired) electrons. The highest BCUT2D eigenvalue weighted by atomic mass is 16.1. The van der Waals surface area contributed by atoms with Gasteiger partial charge in [-0.05, 0) is 17.7 Å². The number of nitrogens with zero attached hydrogens (tertiary/aromatic N) is 1. The lowest BCUT2D eigenvalue weighted by Crippen LogP contribution is -2.01. The van der Waals surface area contributed by atoms with Gasteiger partial charge in [0.05, 0.1) is 0 Å². The summed E-state index contributed by atoms with van der Waals surface area (Å²) in [6.07, 6.45) is 1.60. The molecule has 11 heavy (non-hydrogen) atoms. The monoisotopic (exact) mass is 150 g/mol. The summed E-state index contributed by atoms with van der Waals surface area (Å²) < 4.78 is 0. The molecule has 1 aromatic heterocycles. The highest BCUT2D eigenvalue weighted by molar-refractivity contribution is 5.92. The van der Waals surface area contributed by atoms with Gasteiger partial charge in [0.25, 0.3) is 0 Å². The maximum atomic E-state index is 10.8. The van der Waals surface area contributed by atoms with E-state index in [0.717, 1.165) is 5.56 Å². The molecule has 0 amide bonds. The minimum absolute atomic E-state index is 0.0275. The van der Waals surface area contributed by atoms with E-state index in [-0.39, 0.29) is 5.78 Å². The molecule has 0 fully saturated rings. The van der Waals surface area contributed by atoms with E-state index < -0.39 is 0 Å². The maximum absolute atomic E-state index is 10.8. The predicted octanol–water partition coefficient (Wildman–Crippen LogP) is 0.743. The van der Waals surface area contributed by atoms with Crippen LogP contribution in [0.2, 0.25) is 0 Å². The number of hydrogen-bond donors (Lipinski definition) is 1. The average Bonchev–Trinajstić information content (AvgIpc) is 2.05. The van der Waals surface area contributed by atoms with Crippen molar-refractivity contribution in [2.75, 3.05) is 0 Å². The lowest BCUT2D eigenvalue weighted by atomic mass is 10.2. The van der Waals surface area contributed by atoms with Gasteiger partial charge in [0.1, 0.15) is 5.69 Å². The minimum Gasteiger partial charge on any atom is -0.326 e. The summed E-state index contributed by atoms with van der Waals surface area (Å²) in [6, 6.07) is 3.51. The van der Waals surface area contributed by atoms with Gasteiger partial charge >= 0.3 is 0 Å². The number of carbonyl (C=O) groups is 1. The first-order chi connectivity index (χ1) is 5.24. The third kappa shape index (κ3) is 1.85. The van der Waals surface area contributed by atoms with E-state index in [2.05, 4.69) is 4.98 Å². The predicted molar refractivity (Wildman–Crippen MR) is 42.1 cm³/mol. The fourth-order valence-electron chi connectivity index (χ4n) is 0.794. The molecule has 0 aliphatic rings. The largest absolute Gasteiger partial charge is 0.326 e. The smallest absolute Gasteiger partial charge is 0.178 e. The van der Waals surface area contributed by atoms with Crippen LogP contribution in [0.15, 0.2) is 18.3 Å². The summed E-state index contributed by atoms with van der Waals surface area (Å²) in [5, 5.41) is 0. The van der Waals surface area contributed by atoms with E-state index in [1.807, 2.05) is 0 Å². The van der Waals surface area contributed by atoms with Gasteiger partial charge in [0.15, 0.2) is 5.78 Å². The number of pyridine rings is 1. The molecule has 0 unspecified atom stereocenters. The Morgan fingerprint density at radius 2 is 2.45 bits per heavy atom. The van der Waals surface area contributed by atoms with Crippen molar-refractivity contribution in [2.24, 2.45) is 5.73 Å². The Labute approximate surface area is 65.2 Å². The SMILES string of the molecule is CC(=O)c1cc(CN)ccn1. The van der Waals surface area contributed by atoms with E-state index in [4.69, 9.17) is 5.73 Å². The molecule has 2 N–H and O–H groups in total. The van der Waals surface area contributed by atoms with Crippen LogP contribution >= 0.6 is 0 Å². The summed E-state index contributed by atoms with van der Waals surface area (Å²) in [7, 11) is 0. The Hall–Kier alpha value is -1.22. The Balaban J connectivity index is 3.01. The zero-order valence-electron chi connectivity index (χ0n) is 6.37. The number of ketones is 1. The molecule has 3 nitrogen and oxygen atoms in total. The molecule has 0 bridgehead atoms. The van der Waals surface area contributed by atoms with Crippen LogP contribution in [0.5, 0.6) is 0 Å². The maximum Gasteiger partial charge on any atom is 0.178 e. The Morgan fingerprint density at radius 3 is 3.00 bits per heavy atom. The molecule has 0 saturated carbocycles. The van der Waals surface area contributed by atoms with Crippen LogP contribution in [0.25, 0.3) is 0 Å². The summed E-state index contributed by atoms with van der Waals surface area (Å²) in [5.41, 5.74) is 6.79. The minimum atomic E-state index is -0.0275. The van der Waals surface area contributed by atoms with Crippen LogP contribution in [0, 0.1) is 0 Å². The first-order valence-corrected chi connectivity index (χ1v) is 3.40. The number of Topliss-reactive ketones (excluding diaryl/α,β-unsaturated/α-hetero) is 1. The van der Waals surface area contributed by atoms with Crippen molar-refractivity contribution in [3.05, 3.63) is 29.6 Å². The number of carbonyl (C=O) groups excluding carboxylic acids is 1. The summed E-state index contributed by atoms with van der Waals surface area (Å²) in [6.45, 7) is 1.94. The van der Waals surface area contributed by atoms with Crippen LogP contribution in [0.3, 0.4) is 0 Å². The molecule has 3 heteroatoms. The van der Waals surface area contributed by atoms with Crippen LogP contribution < -0.4 is 5.73 Å². The van der Waals surface area contributed by atoms with E-state index >= 15 is 0 Å². The Bertz CT molecular complexity index is 271. The molecular formula is C8H10N2O. The average molecular weight is 150 g/mol. The Morgan fingerprint density at radius 1 is 1.73 bits per heavy atom. The van der Waals surface area contributed by atoms with Gasteiger partial charge in [0, 0.05) is 19.7 Å². The van der Waals surface area contributed by atoms with Gasteiger partial charge in [-0.3, -0.25) is 9.78 Å². The second kappa shape index (κ2) is 3.25. The Kier molecular flexibility index (Phi) is 2.33. The zero-order chi connectivity index (χ0) is 8.27. The molecule has 1 rings (SSSR count). The number of nitrogens with two attached hydrogens (primary N) is 1. The fourth-order valence-corrected chi connectivity index (χ4v) is 0.794. The molecule has 0 atom stereocenters. The molecule has 0 aliphatic carbocycles. The molecule has 0 spiro atoms. The lowest BCUT2D eigenvalue weighted by Gasteiger charge is -1.97. The quantitative estimate of drug-likeness (QED) is 0.633. The van der Waals surface area contributed by atoms with E-state index in [9.17, 15) is 4.79 Å². The van der Waals surface area contributed by atoms with E-state index in [1.54, 1.807) is 18.3 Å². The van der Waals surface area contributed by atoms with Gasteiger partial charge in [0.2, 0.25) is 0 Å². The third-order valence-electron chi connectivity index (χ3n) is 1.42. The van der Waals surface area contributed by atoms with Crippen molar-refractivity contribution in [1.29, 1.82) is 0 Å². The normalized spacial score (nSPS) is 9.64. The van der Waals surface area contributed by atoms with Crippen molar-refractivity contribution in [1.82, 2.24) is 4.98 Å². The number of hydrogen-bond acceptors (Lipinski definition) is 3. The number of aromatic nitrogens is 1. The number of rotatable bonds is 2. The zero-order valence-corrected chi connectivity index (χ0v) is 6.37. The molecular weight excluding hydrogens is 140 g/mol. The fraction of sp³-hybridized carbons (Fsp3) is 0.250. The van der Waals surface area contributed by atoms with Gasteiger partial charge < -0.3 is 5.73 Å².